The van der Waals surface area contributed by atoms with E-state index in [9.17, 15) is 4.79 Å². The van der Waals surface area contributed by atoms with Crippen LogP contribution in [0.2, 0.25) is 0 Å². The Bertz CT molecular complexity index is 347. The van der Waals surface area contributed by atoms with Crippen LogP contribution in [0.15, 0.2) is 0 Å². The summed E-state index contributed by atoms with van der Waals surface area (Å²) in [4.78, 5) is 12.1. The van der Waals surface area contributed by atoms with Crippen molar-refractivity contribution in [3.63, 3.8) is 0 Å². The van der Waals surface area contributed by atoms with Crippen LogP contribution < -0.4 is 5.32 Å². The number of ketones is 1. The summed E-state index contributed by atoms with van der Waals surface area (Å²) >= 11 is 0. The Morgan fingerprint density at radius 3 is 2.56 bits per heavy atom. The van der Waals surface area contributed by atoms with Gasteiger partial charge in [0.25, 0.3) is 0 Å². The minimum absolute atomic E-state index is 0.0615. The first-order chi connectivity index (χ1) is 8.50. The van der Waals surface area contributed by atoms with E-state index in [0.717, 1.165) is 19.3 Å². The van der Waals surface area contributed by atoms with Gasteiger partial charge in [0.2, 0.25) is 0 Å². The lowest BCUT2D eigenvalue weighted by Crippen LogP contribution is -2.42. The number of aryl methyl sites for hydroxylation is 1. The predicted octanol–water partition coefficient (Wildman–Crippen LogP) is 1.11. The quantitative estimate of drug-likeness (QED) is 0.725. The number of nitrogens with zero attached hydrogens (tertiary/aromatic N) is 3. The van der Waals surface area contributed by atoms with E-state index in [1.165, 1.54) is 0 Å². The van der Waals surface area contributed by atoms with Crippen molar-refractivity contribution in [2.45, 2.75) is 59.0 Å². The maximum Gasteiger partial charge on any atom is 0.174 e. The highest BCUT2D eigenvalue weighted by Gasteiger charge is 2.21. The average molecular weight is 253 g/mol. The number of tetrazole rings is 1. The van der Waals surface area contributed by atoms with Crippen LogP contribution >= 0.6 is 0 Å². The lowest BCUT2D eigenvalue weighted by Gasteiger charge is -2.21. The van der Waals surface area contributed by atoms with E-state index in [1.54, 1.807) is 0 Å². The van der Waals surface area contributed by atoms with Gasteiger partial charge in [0, 0.05) is 18.4 Å². The van der Waals surface area contributed by atoms with Crippen molar-refractivity contribution in [1.82, 2.24) is 25.9 Å². The van der Waals surface area contributed by atoms with Crippen molar-refractivity contribution in [2.24, 2.45) is 5.92 Å². The molecule has 0 radical (unpaired) electrons. The molecular formula is C12H23N5O. The van der Waals surface area contributed by atoms with Gasteiger partial charge in [-0.3, -0.25) is 4.79 Å². The van der Waals surface area contributed by atoms with Crippen LogP contribution in [0.3, 0.4) is 0 Å². The van der Waals surface area contributed by atoms with Gasteiger partial charge in [-0.25, -0.2) is 0 Å². The molecule has 0 saturated heterocycles. The van der Waals surface area contributed by atoms with Crippen molar-refractivity contribution in [1.29, 1.82) is 0 Å². The topological polar surface area (TPSA) is 83.6 Å². The van der Waals surface area contributed by atoms with Crippen LogP contribution in [0, 0.1) is 5.92 Å². The summed E-state index contributed by atoms with van der Waals surface area (Å²) in [5, 5.41) is 17.1. The predicted molar refractivity (Wildman–Crippen MR) is 69.0 cm³/mol. The van der Waals surface area contributed by atoms with Gasteiger partial charge in [0.05, 0.1) is 6.04 Å². The summed E-state index contributed by atoms with van der Waals surface area (Å²) < 4.78 is 0. The third kappa shape index (κ3) is 4.91. The molecule has 6 heteroatoms. The van der Waals surface area contributed by atoms with Crippen molar-refractivity contribution in [2.75, 3.05) is 0 Å². The first-order valence-electron chi connectivity index (χ1n) is 6.52. The van der Waals surface area contributed by atoms with Gasteiger partial charge in [-0.15, -0.1) is 10.2 Å². The SMILES string of the molecule is CC(C)NC(CCCc1nn[nH]n1)C(=O)C(C)C. The summed E-state index contributed by atoms with van der Waals surface area (Å²) in [7, 11) is 0. The van der Waals surface area contributed by atoms with E-state index >= 15 is 0 Å². The third-order valence-electron chi connectivity index (χ3n) is 2.73. The molecule has 0 aliphatic carbocycles. The third-order valence-corrected chi connectivity index (χ3v) is 2.73. The fourth-order valence-electron chi connectivity index (χ4n) is 1.87. The number of hydrogen-bond acceptors (Lipinski definition) is 5. The molecule has 0 aliphatic heterocycles. The molecule has 1 unspecified atom stereocenters. The van der Waals surface area contributed by atoms with Crippen LogP contribution in [-0.2, 0) is 11.2 Å². The zero-order chi connectivity index (χ0) is 13.5. The number of hydrogen-bond donors (Lipinski definition) is 2. The highest BCUT2D eigenvalue weighted by Crippen LogP contribution is 2.09. The zero-order valence-corrected chi connectivity index (χ0v) is 11.6. The molecule has 102 valence electrons. The van der Waals surface area contributed by atoms with E-state index in [-0.39, 0.29) is 17.7 Å². The van der Waals surface area contributed by atoms with Crippen LogP contribution in [0.5, 0.6) is 0 Å². The molecule has 0 amide bonds. The number of nitrogens with one attached hydrogen (secondary N) is 2. The molecule has 0 bridgehead atoms. The van der Waals surface area contributed by atoms with Crippen LogP contribution in [0.1, 0.15) is 46.4 Å². The lowest BCUT2D eigenvalue weighted by molar-refractivity contribution is -0.124. The fourth-order valence-corrected chi connectivity index (χ4v) is 1.87. The Morgan fingerprint density at radius 2 is 2.06 bits per heavy atom. The molecule has 2 N–H and O–H groups in total. The summed E-state index contributed by atoms with van der Waals surface area (Å²) in [5.41, 5.74) is 0. The Labute approximate surface area is 108 Å². The summed E-state index contributed by atoms with van der Waals surface area (Å²) in [5.74, 6) is 1.04. The Kier molecular flexibility index (Phi) is 5.91. The molecule has 1 heterocycles. The van der Waals surface area contributed by atoms with Gasteiger partial charge < -0.3 is 5.32 Å². The maximum atomic E-state index is 12.1. The van der Waals surface area contributed by atoms with Crippen molar-refractivity contribution < 1.29 is 4.79 Å². The van der Waals surface area contributed by atoms with E-state index in [1.807, 2.05) is 13.8 Å². The molecule has 1 aromatic rings. The number of carbonyl (C=O) groups is 1. The minimum Gasteiger partial charge on any atom is -0.305 e. The van der Waals surface area contributed by atoms with E-state index in [0.29, 0.717) is 11.9 Å². The molecule has 0 saturated carbocycles. The van der Waals surface area contributed by atoms with Gasteiger partial charge >= 0.3 is 0 Å². The Hall–Kier alpha value is -1.30. The number of H-pyrrole nitrogens is 1. The average Bonchev–Trinajstić information content (AvgIpc) is 2.79. The lowest BCUT2D eigenvalue weighted by atomic mass is 9.96. The largest absolute Gasteiger partial charge is 0.305 e. The molecule has 18 heavy (non-hydrogen) atoms. The number of rotatable bonds is 8. The molecule has 6 nitrogen and oxygen atoms in total. The van der Waals surface area contributed by atoms with Gasteiger partial charge in [-0.05, 0) is 12.8 Å². The minimum atomic E-state index is -0.0723. The number of carbonyl (C=O) groups excluding carboxylic acids is 1. The van der Waals surface area contributed by atoms with Gasteiger partial charge in [-0.1, -0.05) is 32.9 Å². The summed E-state index contributed by atoms with van der Waals surface area (Å²) in [6.45, 7) is 7.99. The Balaban J connectivity index is 2.43. The Morgan fingerprint density at radius 1 is 1.33 bits per heavy atom. The van der Waals surface area contributed by atoms with Crippen LogP contribution in [0.25, 0.3) is 0 Å². The van der Waals surface area contributed by atoms with Crippen LogP contribution in [-0.4, -0.2) is 38.5 Å². The molecule has 1 aromatic heterocycles. The van der Waals surface area contributed by atoms with Gasteiger partial charge in [0.15, 0.2) is 11.6 Å². The van der Waals surface area contributed by atoms with E-state index < -0.39 is 0 Å². The van der Waals surface area contributed by atoms with Crippen molar-refractivity contribution in [3.8, 4) is 0 Å². The van der Waals surface area contributed by atoms with E-state index in [4.69, 9.17) is 0 Å². The monoisotopic (exact) mass is 253 g/mol. The standard InChI is InChI=1S/C12H23N5O/c1-8(2)12(18)10(13-9(3)4)6-5-7-11-14-16-17-15-11/h8-10,13H,5-7H2,1-4H3,(H,14,15,16,17). The second kappa shape index (κ2) is 7.20. The smallest absolute Gasteiger partial charge is 0.174 e. The number of aromatic amines is 1. The second-order valence-electron chi connectivity index (χ2n) is 5.15. The molecule has 0 fully saturated rings. The highest BCUT2D eigenvalue weighted by molar-refractivity contribution is 5.85. The number of aromatic nitrogens is 4. The molecular weight excluding hydrogens is 230 g/mol. The first-order valence-corrected chi connectivity index (χ1v) is 6.52. The van der Waals surface area contributed by atoms with Gasteiger partial charge in [-0.2, -0.15) is 5.21 Å². The van der Waals surface area contributed by atoms with E-state index in [2.05, 4.69) is 39.8 Å². The highest BCUT2D eigenvalue weighted by atomic mass is 16.1. The first kappa shape index (κ1) is 14.8. The number of Topliss-reactive ketones (excluding diaryl/α,β-unsaturated/α-hetero) is 1. The molecule has 1 atom stereocenters. The normalized spacial score (nSPS) is 13.2. The molecule has 0 aliphatic rings. The summed E-state index contributed by atoms with van der Waals surface area (Å²) in [6.07, 6.45) is 2.43. The maximum absolute atomic E-state index is 12.1. The summed E-state index contributed by atoms with van der Waals surface area (Å²) in [6, 6.07) is 0.236. The van der Waals surface area contributed by atoms with Crippen molar-refractivity contribution in [3.05, 3.63) is 5.82 Å². The van der Waals surface area contributed by atoms with Crippen LogP contribution in [0.4, 0.5) is 0 Å². The zero-order valence-electron chi connectivity index (χ0n) is 11.6. The molecule has 1 rings (SSSR count). The van der Waals surface area contributed by atoms with Crippen molar-refractivity contribution >= 4 is 5.78 Å². The molecule has 0 aromatic carbocycles. The second-order valence-corrected chi connectivity index (χ2v) is 5.15. The fraction of sp³-hybridized carbons (Fsp3) is 0.833. The van der Waals surface area contributed by atoms with Gasteiger partial charge in [0.1, 0.15) is 0 Å². The molecule has 0 spiro atoms.